The van der Waals surface area contributed by atoms with Gasteiger partial charge in [0, 0.05) is 30.9 Å². The predicted molar refractivity (Wildman–Crippen MR) is 79.0 cm³/mol. The van der Waals surface area contributed by atoms with Crippen LogP contribution in [-0.2, 0) is 10.0 Å². The van der Waals surface area contributed by atoms with Crippen molar-refractivity contribution in [1.29, 1.82) is 0 Å². The lowest BCUT2D eigenvalue weighted by Crippen LogP contribution is -2.44. The molecule has 0 bridgehead atoms. The number of nitrogens with zero attached hydrogens (tertiary/aromatic N) is 3. The summed E-state index contributed by atoms with van der Waals surface area (Å²) in [5, 5.41) is 3.00. The fourth-order valence-electron chi connectivity index (χ4n) is 2.30. The van der Waals surface area contributed by atoms with E-state index in [2.05, 4.69) is 15.3 Å². The Balaban J connectivity index is 1.92. The van der Waals surface area contributed by atoms with Gasteiger partial charge in [0.25, 0.3) is 0 Å². The van der Waals surface area contributed by atoms with Gasteiger partial charge in [0.1, 0.15) is 12.1 Å². The Labute approximate surface area is 120 Å². The van der Waals surface area contributed by atoms with Gasteiger partial charge in [-0.25, -0.2) is 22.7 Å². The fraction of sp³-hybridized carbons (Fsp3) is 0.692. The zero-order valence-corrected chi connectivity index (χ0v) is 13.0. The van der Waals surface area contributed by atoms with Crippen molar-refractivity contribution in [3.8, 4) is 0 Å². The van der Waals surface area contributed by atoms with Gasteiger partial charge in [-0.2, -0.15) is 0 Å². The monoisotopic (exact) mass is 298 g/mol. The molecule has 0 amide bonds. The highest BCUT2D eigenvalue weighted by atomic mass is 32.2. The molecule has 0 saturated carbocycles. The van der Waals surface area contributed by atoms with Gasteiger partial charge in [0.15, 0.2) is 0 Å². The summed E-state index contributed by atoms with van der Waals surface area (Å²) in [5.74, 6) is 0.808. The second kappa shape index (κ2) is 6.05. The third kappa shape index (κ3) is 3.46. The molecule has 0 radical (unpaired) electrons. The Kier molecular flexibility index (Phi) is 4.59. The van der Waals surface area contributed by atoms with Gasteiger partial charge in [0.2, 0.25) is 10.0 Å². The fourth-order valence-corrected chi connectivity index (χ4v) is 3.61. The Morgan fingerprint density at radius 2 is 1.95 bits per heavy atom. The van der Waals surface area contributed by atoms with Crippen molar-refractivity contribution in [2.75, 3.05) is 18.4 Å². The topological polar surface area (TPSA) is 75.2 Å². The Morgan fingerprint density at radius 3 is 2.50 bits per heavy atom. The van der Waals surface area contributed by atoms with Crippen LogP contribution in [0.2, 0.25) is 0 Å². The molecule has 0 aliphatic carbocycles. The van der Waals surface area contributed by atoms with E-state index < -0.39 is 10.0 Å². The van der Waals surface area contributed by atoms with Crippen molar-refractivity contribution in [2.24, 2.45) is 0 Å². The van der Waals surface area contributed by atoms with E-state index in [1.807, 2.05) is 13.0 Å². The minimum Gasteiger partial charge on any atom is -0.367 e. The normalized spacial score (nSPS) is 18.4. The smallest absolute Gasteiger partial charge is 0.216 e. The molecule has 112 valence electrons. The number of aromatic nitrogens is 2. The van der Waals surface area contributed by atoms with Crippen LogP contribution in [0.1, 0.15) is 32.4 Å². The van der Waals surface area contributed by atoms with E-state index >= 15 is 0 Å². The van der Waals surface area contributed by atoms with Crippen molar-refractivity contribution < 1.29 is 8.42 Å². The first-order chi connectivity index (χ1) is 9.39. The lowest BCUT2D eigenvalue weighted by atomic mass is 10.1. The second-order valence-corrected chi connectivity index (χ2v) is 7.95. The first-order valence-electron chi connectivity index (χ1n) is 6.93. The van der Waals surface area contributed by atoms with Crippen LogP contribution < -0.4 is 5.32 Å². The maximum Gasteiger partial charge on any atom is 0.216 e. The van der Waals surface area contributed by atoms with E-state index in [9.17, 15) is 8.42 Å². The summed E-state index contributed by atoms with van der Waals surface area (Å²) < 4.78 is 25.8. The van der Waals surface area contributed by atoms with Crippen LogP contribution in [0, 0.1) is 6.92 Å². The lowest BCUT2D eigenvalue weighted by molar-refractivity contribution is 0.327. The standard InChI is InChI=1S/C13H22N4O2S/c1-10(2)20(18,19)17-6-4-12(5-7-17)16-13-8-11(3)14-9-15-13/h8-10,12H,4-7H2,1-3H3,(H,14,15,16). The van der Waals surface area contributed by atoms with Crippen LogP contribution in [0.5, 0.6) is 0 Å². The van der Waals surface area contributed by atoms with E-state index in [1.165, 1.54) is 6.33 Å². The third-order valence-corrected chi connectivity index (χ3v) is 5.84. The van der Waals surface area contributed by atoms with Gasteiger partial charge < -0.3 is 5.32 Å². The summed E-state index contributed by atoms with van der Waals surface area (Å²) in [4.78, 5) is 8.23. The van der Waals surface area contributed by atoms with Gasteiger partial charge in [-0.05, 0) is 33.6 Å². The highest BCUT2D eigenvalue weighted by Gasteiger charge is 2.30. The molecule has 7 heteroatoms. The Bertz CT molecular complexity index is 551. The first kappa shape index (κ1) is 15.2. The molecule has 2 rings (SSSR count). The average Bonchev–Trinajstić information content (AvgIpc) is 2.39. The largest absolute Gasteiger partial charge is 0.367 e. The van der Waals surface area contributed by atoms with Crippen molar-refractivity contribution >= 4 is 15.8 Å². The van der Waals surface area contributed by atoms with Gasteiger partial charge in [-0.15, -0.1) is 0 Å². The van der Waals surface area contributed by atoms with E-state index in [-0.39, 0.29) is 11.3 Å². The lowest BCUT2D eigenvalue weighted by Gasteiger charge is -2.32. The number of hydrogen-bond acceptors (Lipinski definition) is 5. The van der Waals surface area contributed by atoms with Gasteiger partial charge >= 0.3 is 0 Å². The average molecular weight is 298 g/mol. The van der Waals surface area contributed by atoms with E-state index in [4.69, 9.17) is 0 Å². The number of rotatable bonds is 4. The number of piperidine rings is 1. The molecule has 1 aromatic rings. The minimum absolute atomic E-state index is 0.267. The quantitative estimate of drug-likeness (QED) is 0.909. The molecule has 1 N–H and O–H groups in total. The molecule has 1 aromatic heterocycles. The maximum absolute atomic E-state index is 12.1. The maximum atomic E-state index is 12.1. The third-order valence-electron chi connectivity index (χ3n) is 3.57. The molecule has 1 aliphatic heterocycles. The predicted octanol–water partition coefficient (Wildman–Crippen LogP) is 1.40. The van der Waals surface area contributed by atoms with Crippen LogP contribution in [-0.4, -0.2) is 47.1 Å². The molecule has 0 unspecified atom stereocenters. The molecular formula is C13H22N4O2S. The number of hydrogen-bond donors (Lipinski definition) is 1. The molecule has 20 heavy (non-hydrogen) atoms. The summed E-state index contributed by atoms with van der Waals surface area (Å²) in [5.41, 5.74) is 0.919. The zero-order valence-electron chi connectivity index (χ0n) is 12.2. The number of anilines is 1. The second-order valence-electron chi connectivity index (χ2n) is 5.46. The van der Waals surface area contributed by atoms with Crippen LogP contribution in [0.3, 0.4) is 0 Å². The molecule has 6 nitrogen and oxygen atoms in total. The molecule has 1 fully saturated rings. The Morgan fingerprint density at radius 1 is 1.30 bits per heavy atom. The van der Waals surface area contributed by atoms with Crippen molar-refractivity contribution in [3.63, 3.8) is 0 Å². The highest BCUT2D eigenvalue weighted by Crippen LogP contribution is 2.19. The van der Waals surface area contributed by atoms with Crippen molar-refractivity contribution in [3.05, 3.63) is 18.1 Å². The minimum atomic E-state index is -3.12. The number of aryl methyl sites for hydroxylation is 1. The number of nitrogens with one attached hydrogen (secondary N) is 1. The highest BCUT2D eigenvalue weighted by molar-refractivity contribution is 7.89. The van der Waals surface area contributed by atoms with Crippen molar-refractivity contribution in [2.45, 2.75) is 44.9 Å². The summed E-state index contributed by atoms with van der Waals surface area (Å²) in [6, 6.07) is 2.17. The molecule has 0 spiro atoms. The summed E-state index contributed by atoms with van der Waals surface area (Å²) >= 11 is 0. The summed E-state index contributed by atoms with van der Waals surface area (Å²) in [6.07, 6.45) is 3.14. The van der Waals surface area contributed by atoms with E-state index in [0.717, 1.165) is 24.4 Å². The van der Waals surface area contributed by atoms with Crippen molar-refractivity contribution in [1.82, 2.24) is 14.3 Å². The van der Waals surface area contributed by atoms with Crippen LogP contribution >= 0.6 is 0 Å². The summed E-state index contributed by atoms with van der Waals surface area (Å²) in [7, 11) is -3.12. The molecule has 1 saturated heterocycles. The molecule has 0 aromatic carbocycles. The molecule has 2 heterocycles. The SMILES string of the molecule is Cc1cc(NC2CCN(S(=O)(=O)C(C)C)CC2)ncn1. The van der Waals surface area contributed by atoms with Gasteiger partial charge in [-0.1, -0.05) is 0 Å². The molecule has 0 atom stereocenters. The molecular weight excluding hydrogens is 276 g/mol. The number of sulfonamides is 1. The van der Waals surface area contributed by atoms with Gasteiger partial charge in [-0.3, -0.25) is 0 Å². The van der Waals surface area contributed by atoms with Crippen LogP contribution in [0.4, 0.5) is 5.82 Å². The zero-order chi connectivity index (χ0) is 14.8. The molecule has 1 aliphatic rings. The van der Waals surface area contributed by atoms with E-state index in [0.29, 0.717) is 13.1 Å². The Hall–Kier alpha value is -1.21. The van der Waals surface area contributed by atoms with Crippen LogP contribution in [0.25, 0.3) is 0 Å². The van der Waals surface area contributed by atoms with E-state index in [1.54, 1.807) is 18.2 Å². The first-order valence-corrected chi connectivity index (χ1v) is 8.44. The van der Waals surface area contributed by atoms with Gasteiger partial charge in [0.05, 0.1) is 5.25 Å². The van der Waals surface area contributed by atoms with Crippen LogP contribution in [0.15, 0.2) is 12.4 Å². The summed E-state index contributed by atoms with van der Waals surface area (Å²) in [6.45, 7) is 6.52.